The fourth-order valence-corrected chi connectivity index (χ4v) is 4.20. The molecule has 0 aliphatic carbocycles. The van der Waals surface area contributed by atoms with Gasteiger partial charge in [0.1, 0.15) is 24.4 Å². The van der Waals surface area contributed by atoms with Gasteiger partial charge in [0.25, 0.3) is 0 Å². The van der Waals surface area contributed by atoms with Crippen molar-refractivity contribution in [2.75, 3.05) is 46.1 Å². The molecule has 0 spiro atoms. The molecule has 0 saturated carbocycles. The lowest BCUT2D eigenvalue weighted by Gasteiger charge is -2.30. The van der Waals surface area contributed by atoms with Crippen LogP contribution in [0.15, 0.2) is 0 Å². The number of hydrogen-bond donors (Lipinski definition) is 0. The fourth-order valence-electron chi connectivity index (χ4n) is 4.20. The molecule has 0 radical (unpaired) electrons. The largest absolute Gasteiger partial charge is 0.379 e. The van der Waals surface area contributed by atoms with E-state index in [1.807, 2.05) is 27.7 Å². The third-order valence-electron chi connectivity index (χ3n) is 5.46. The first-order valence-corrected chi connectivity index (χ1v) is 10.1. The summed E-state index contributed by atoms with van der Waals surface area (Å²) < 4.78 is 41.5. The second-order valence-corrected chi connectivity index (χ2v) is 8.58. The molecule has 0 aromatic carbocycles. The summed E-state index contributed by atoms with van der Waals surface area (Å²) in [5, 5.41) is 0. The van der Waals surface area contributed by atoms with Crippen molar-refractivity contribution < 1.29 is 33.2 Å². The number of fused-ring (bicyclic) bond motifs is 1. The molecule has 8 nitrogen and oxygen atoms in total. The Morgan fingerprint density at radius 1 is 0.963 bits per heavy atom. The Morgan fingerprint density at radius 3 is 2.44 bits per heavy atom. The van der Waals surface area contributed by atoms with Crippen molar-refractivity contribution in [1.29, 1.82) is 0 Å². The van der Waals surface area contributed by atoms with Crippen LogP contribution in [-0.2, 0) is 33.2 Å². The number of nitrogens with zero attached hydrogens (tertiary/aromatic N) is 1. The third kappa shape index (κ3) is 4.64. The van der Waals surface area contributed by atoms with Crippen LogP contribution in [0.2, 0.25) is 0 Å². The maximum Gasteiger partial charge on any atom is 0.190 e. The molecule has 156 valence electrons. The zero-order chi connectivity index (χ0) is 19.1. The molecule has 0 amide bonds. The van der Waals surface area contributed by atoms with Crippen LogP contribution < -0.4 is 0 Å². The van der Waals surface area contributed by atoms with Crippen molar-refractivity contribution in [3.63, 3.8) is 0 Å². The van der Waals surface area contributed by atoms with Crippen LogP contribution in [0.5, 0.6) is 0 Å². The van der Waals surface area contributed by atoms with Crippen LogP contribution in [0, 0.1) is 0 Å². The molecule has 4 aliphatic rings. The van der Waals surface area contributed by atoms with E-state index in [9.17, 15) is 0 Å². The summed E-state index contributed by atoms with van der Waals surface area (Å²) in [6, 6.07) is 0. The molecule has 4 rings (SSSR count). The van der Waals surface area contributed by atoms with E-state index in [1.54, 1.807) is 0 Å². The topological polar surface area (TPSA) is 67.9 Å². The quantitative estimate of drug-likeness (QED) is 0.628. The summed E-state index contributed by atoms with van der Waals surface area (Å²) in [6.45, 7) is 13.4. The number of ether oxygens (including phenoxy) is 7. The molecular formula is C19H33NO7. The van der Waals surface area contributed by atoms with Gasteiger partial charge < -0.3 is 33.2 Å². The molecule has 4 saturated heterocycles. The van der Waals surface area contributed by atoms with E-state index in [2.05, 4.69) is 4.90 Å². The average molecular weight is 387 g/mol. The van der Waals surface area contributed by atoms with Crippen molar-refractivity contribution in [1.82, 2.24) is 4.90 Å². The summed E-state index contributed by atoms with van der Waals surface area (Å²) in [4.78, 5) is 2.41. The fraction of sp³-hybridized carbons (Fsp3) is 1.00. The Hall–Kier alpha value is -0.320. The van der Waals surface area contributed by atoms with E-state index in [1.165, 1.54) is 0 Å². The molecule has 0 aromatic rings. The van der Waals surface area contributed by atoms with Gasteiger partial charge in [0.05, 0.1) is 19.8 Å². The van der Waals surface area contributed by atoms with Crippen LogP contribution in [0.1, 0.15) is 34.1 Å². The maximum atomic E-state index is 6.27. The lowest BCUT2D eigenvalue weighted by Crippen LogP contribution is -2.44. The van der Waals surface area contributed by atoms with Crippen LogP contribution in [0.4, 0.5) is 0 Å². The Balaban J connectivity index is 1.33. The highest BCUT2D eigenvalue weighted by molar-refractivity contribution is 4.98. The molecule has 4 fully saturated rings. The van der Waals surface area contributed by atoms with Crippen LogP contribution in [0.25, 0.3) is 0 Å². The number of rotatable bonds is 6. The highest BCUT2D eigenvalue weighted by Crippen LogP contribution is 2.41. The number of hydrogen-bond acceptors (Lipinski definition) is 8. The normalized spacial score (nSPS) is 41.1. The molecule has 1 unspecified atom stereocenters. The van der Waals surface area contributed by atoms with Gasteiger partial charge in [0.15, 0.2) is 17.9 Å². The van der Waals surface area contributed by atoms with Gasteiger partial charge in [-0.05, 0) is 34.1 Å². The summed E-state index contributed by atoms with van der Waals surface area (Å²) >= 11 is 0. The van der Waals surface area contributed by atoms with Gasteiger partial charge >= 0.3 is 0 Å². The van der Waals surface area contributed by atoms with E-state index < -0.39 is 17.9 Å². The predicted octanol–water partition coefficient (Wildman–Crippen LogP) is 1.12. The van der Waals surface area contributed by atoms with Gasteiger partial charge in [-0.3, -0.25) is 4.90 Å². The minimum Gasteiger partial charge on any atom is -0.379 e. The van der Waals surface area contributed by atoms with Crippen molar-refractivity contribution in [2.24, 2.45) is 0 Å². The predicted molar refractivity (Wildman–Crippen MR) is 95.2 cm³/mol. The minimum atomic E-state index is -0.665. The lowest BCUT2D eigenvalue weighted by atomic mass is 10.1. The van der Waals surface area contributed by atoms with Crippen molar-refractivity contribution in [2.45, 2.75) is 76.4 Å². The average Bonchev–Trinajstić information content (AvgIpc) is 3.22. The second-order valence-electron chi connectivity index (χ2n) is 8.58. The summed E-state index contributed by atoms with van der Waals surface area (Å²) in [7, 11) is 0. The molecule has 0 N–H and O–H groups in total. The first kappa shape index (κ1) is 20.0. The van der Waals surface area contributed by atoms with Gasteiger partial charge in [-0.15, -0.1) is 0 Å². The van der Waals surface area contributed by atoms with Crippen LogP contribution >= 0.6 is 0 Å². The maximum absolute atomic E-state index is 6.27. The molecule has 4 heterocycles. The van der Waals surface area contributed by atoms with Gasteiger partial charge in [0, 0.05) is 26.2 Å². The van der Waals surface area contributed by atoms with Gasteiger partial charge in [-0.1, -0.05) is 0 Å². The monoisotopic (exact) mass is 387 g/mol. The molecule has 8 heteroatoms. The Kier molecular flexibility index (Phi) is 5.80. The Morgan fingerprint density at radius 2 is 1.74 bits per heavy atom. The molecular weight excluding hydrogens is 354 g/mol. The summed E-state index contributed by atoms with van der Waals surface area (Å²) in [5.74, 6) is -1.27. The Bertz CT molecular complexity index is 508. The highest BCUT2D eigenvalue weighted by Gasteiger charge is 2.58. The highest BCUT2D eigenvalue weighted by atomic mass is 16.8. The van der Waals surface area contributed by atoms with E-state index in [-0.39, 0.29) is 24.4 Å². The molecule has 5 atom stereocenters. The van der Waals surface area contributed by atoms with Gasteiger partial charge in [-0.25, -0.2) is 0 Å². The van der Waals surface area contributed by atoms with Crippen LogP contribution in [-0.4, -0.2) is 93.2 Å². The first-order valence-electron chi connectivity index (χ1n) is 10.1. The first-order chi connectivity index (χ1) is 12.8. The van der Waals surface area contributed by atoms with E-state index in [0.29, 0.717) is 13.2 Å². The van der Waals surface area contributed by atoms with Crippen molar-refractivity contribution in [3.05, 3.63) is 0 Å². The SMILES string of the molecule is CC1(C)OCC([C@H]2O[C@@H]3OC(C)(C)O[C@@H]3[C@H]2OCCCN2CCOCC2)O1. The zero-order valence-electron chi connectivity index (χ0n) is 16.8. The second kappa shape index (κ2) is 7.84. The van der Waals surface area contributed by atoms with Gasteiger partial charge in [-0.2, -0.15) is 0 Å². The summed E-state index contributed by atoms with van der Waals surface area (Å²) in [5.41, 5.74) is 0. The van der Waals surface area contributed by atoms with Crippen molar-refractivity contribution in [3.8, 4) is 0 Å². The third-order valence-corrected chi connectivity index (χ3v) is 5.46. The minimum absolute atomic E-state index is 0.190. The smallest absolute Gasteiger partial charge is 0.190 e. The standard InChI is InChI=1S/C19H33NO7/c1-18(2)23-12-13(25-18)14-15(16-17(24-14)27-19(3,4)26-16)22-9-5-6-20-7-10-21-11-8-20/h13-17H,5-12H2,1-4H3/t13?,14-,15+,16-,17-/m1/s1. The molecule has 27 heavy (non-hydrogen) atoms. The van der Waals surface area contributed by atoms with E-state index in [0.717, 1.165) is 39.3 Å². The van der Waals surface area contributed by atoms with Crippen LogP contribution in [0.3, 0.4) is 0 Å². The number of morpholine rings is 1. The Labute approximate surface area is 161 Å². The van der Waals surface area contributed by atoms with E-state index in [4.69, 9.17) is 33.2 Å². The zero-order valence-corrected chi connectivity index (χ0v) is 16.8. The lowest BCUT2D eigenvalue weighted by molar-refractivity contribution is -0.236. The van der Waals surface area contributed by atoms with Gasteiger partial charge in [0.2, 0.25) is 0 Å². The molecule has 0 bridgehead atoms. The summed E-state index contributed by atoms with van der Waals surface area (Å²) in [6.07, 6.45) is -0.407. The van der Waals surface area contributed by atoms with E-state index >= 15 is 0 Å². The molecule has 0 aromatic heterocycles. The molecule has 4 aliphatic heterocycles. The van der Waals surface area contributed by atoms with Crippen molar-refractivity contribution >= 4 is 0 Å².